The highest BCUT2D eigenvalue weighted by atomic mass is 16.1. The predicted octanol–water partition coefficient (Wildman–Crippen LogP) is 0.573. The van der Waals surface area contributed by atoms with Crippen molar-refractivity contribution < 1.29 is 4.79 Å². The number of likely N-dealkylation sites (tertiary alicyclic amines) is 1. The number of pyridine rings is 1. The van der Waals surface area contributed by atoms with Gasteiger partial charge in [-0.05, 0) is 31.5 Å². The Morgan fingerprint density at radius 2 is 2.47 bits per heavy atom. The number of carbonyl (C=O) groups is 1. The van der Waals surface area contributed by atoms with Crippen LogP contribution in [0.5, 0.6) is 0 Å². The highest BCUT2D eigenvalue weighted by molar-refractivity contribution is 5.80. The van der Waals surface area contributed by atoms with E-state index in [0.717, 1.165) is 30.9 Å². The number of nitrogens with two attached hydrogens (primary N) is 1. The van der Waals surface area contributed by atoms with Crippen LogP contribution in [0.15, 0.2) is 18.2 Å². The third kappa shape index (κ3) is 2.74. The maximum Gasteiger partial charge on any atom is 0.234 e. The summed E-state index contributed by atoms with van der Waals surface area (Å²) >= 11 is 0. The fraction of sp³-hybridized carbons (Fsp3) is 0.500. The molecule has 1 saturated heterocycles. The number of aromatic nitrogens is 1. The van der Waals surface area contributed by atoms with Crippen LogP contribution in [0.25, 0.3) is 0 Å². The van der Waals surface area contributed by atoms with E-state index in [1.165, 1.54) is 0 Å². The SMILES string of the molecule is CNc1cccc(CN2CCCC2C(N)=O)n1. The summed E-state index contributed by atoms with van der Waals surface area (Å²) in [6, 6.07) is 5.72. The number of rotatable bonds is 4. The van der Waals surface area contributed by atoms with Crippen LogP contribution < -0.4 is 11.1 Å². The van der Waals surface area contributed by atoms with Crippen LogP contribution in [0.1, 0.15) is 18.5 Å². The molecule has 2 heterocycles. The van der Waals surface area contributed by atoms with Gasteiger partial charge in [0.05, 0.1) is 11.7 Å². The van der Waals surface area contributed by atoms with E-state index in [1.807, 2.05) is 25.2 Å². The van der Waals surface area contributed by atoms with Crippen LogP contribution >= 0.6 is 0 Å². The van der Waals surface area contributed by atoms with Gasteiger partial charge >= 0.3 is 0 Å². The fourth-order valence-corrected chi connectivity index (χ4v) is 2.25. The monoisotopic (exact) mass is 234 g/mol. The van der Waals surface area contributed by atoms with Crippen molar-refractivity contribution in [1.82, 2.24) is 9.88 Å². The van der Waals surface area contributed by atoms with Gasteiger partial charge in [0.15, 0.2) is 0 Å². The van der Waals surface area contributed by atoms with Crippen molar-refractivity contribution in [3.05, 3.63) is 23.9 Å². The molecule has 0 aromatic carbocycles. The number of anilines is 1. The molecule has 0 aliphatic carbocycles. The minimum atomic E-state index is -0.229. The molecule has 0 bridgehead atoms. The van der Waals surface area contributed by atoms with Crippen LogP contribution in [0.2, 0.25) is 0 Å². The van der Waals surface area contributed by atoms with Crippen molar-refractivity contribution in [3.63, 3.8) is 0 Å². The second-order valence-corrected chi connectivity index (χ2v) is 4.30. The lowest BCUT2D eigenvalue weighted by molar-refractivity contribution is -0.122. The van der Waals surface area contributed by atoms with E-state index in [9.17, 15) is 4.79 Å². The van der Waals surface area contributed by atoms with Gasteiger partial charge in [0.25, 0.3) is 0 Å². The second kappa shape index (κ2) is 5.14. The first-order chi connectivity index (χ1) is 8.20. The topological polar surface area (TPSA) is 71.2 Å². The summed E-state index contributed by atoms with van der Waals surface area (Å²) in [6.07, 6.45) is 1.89. The summed E-state index contributed by atoms with van der Waals surface area (Å²) < 4.78 is 0. The van der Waals surface area contributed by atoms with Crippen molar-refractivity contribution >= 4 is 11.7 Å². The van der Waals surface area contributed by atoms with Gasteiger partial charge in [0.2, 0.25) is 5.91 Å². The summed E-state index contributed by atoms with van der Waals surface area (Å²) in [7, 11) is 1.84. The second-order valence-electron chi connectivity index (χ2n) is 4.30. The number of hydrogen-bond donors (Lipinski definition) is 2. The van der Waals surface area contributed by atoms with Gasteiger partial charge < -0.3 is 11.1 Å². The highest BCUT2D eigenvalue weighted by Gasteiger charge is 2.28. The fourth-order valence-electron chi connectivity index (χ4n) is 2.25. The van der Waals surface area contributed by atoms with Gasteiger partial charge in [-0.1, -0.05) is 6.07 Å². The summed E-state index contributed by atoms with van der Waals surface area (Å²) in [6.45, 7) is 1.60. The van der Waals surface area contributed by atoms with Gasteiger partial charge in [-0.15, -0.1) is 0 Å². The van der Waals surface area contributed by atoms with Gasteiger partial charge in [-0.25, -0.2) is 4.98 Å². The van der Waals surface area contributed by atoms with E-state index in [-0.39, 0.29) is 11.9 Å². The molecule has 1 aromatic rings. The maximum atomic E-state index is 11.3. The number of hydrogen-bond acceptors (Lipinski definition) is 4. The predicted molar refractivity (Wildman–Crippen MR) is 66.4 cm³/mol. The molecule has 1 aliphatic rings. The molecule has 5 nitrogen and oxygen atoms in total. The molecule has 0 spiro atoms. The first kappa shape index (κ1) is 11.9. The van der Waals surface area contributed by atoms with E-state index in [2.05, 4.69) is 15.2 Å². The van der Waals surface area contributed by atoms with E-state index < -0.39 is 0 Å². The molecule has 1 aromatic heterocycles. The number of carbonyl (C=O) groups excluding carboxylic acids is 1. The third-order valence-electron chi connectivity index (χ3n) is 3.12. The van der Waals surface area contributed by atoms with E-state index in [4.69, 9.17) is 5.73 Å². The molecule has 0 radical (unpaired) electrons. The Labute approximate surface area is 101 Å². The van der Waals surface area contributed by atoms with Crippen molar-refractivity contribution in [2.75, 3.05) is 18.9 Å². The lowest BCUT2D eigenvalue weighted by atomic mass is 10.2. The highest BCUT2D eigenvalue weighted by Crippen LogP contribution is 2.19. The Morgan fingerprint density at radius 1 is 1.65 bits per heavy atom. The minimum absolute atomic E-state index is 0.130. The Hall–Kier alpha value is -1.62. The van der Waals surface area contributed by atoms with Crippen molar-refractivity contribution in [2.24, 2.45) is 5.73 Å². The van der Waals surface area contributed by atoms with Gasteiger partial charge in [0, 0.05) is 13.6 Å². The average Bonchev–Trinajstić information content (AvgIpc) is 2.77. The molecule has 1 fully saturated rings. The summed E-state index contributed by atoms with van der Waals surface area (Å²) in [4.78, 5) is 17.8. The van der Waals surface area contributed by atoms with Crippen LogP contribution in [-0.2, 0) is 11.3 Å². The van der Waals surface area contributed by atoms with Crippen LogP contribution in [-0.4, -0.2) is 35.4 Å². The van der Waals surface area contributed by atoms with E-state index in [1.54, 1.807) is 0 Å². The molecule has 3 N–H and O–H groups in total. The van der Waals surface area contributed by atoms with E-state index >= 15 is 0 Å². The molecule has 2 rings (SSSR count). The standard InChI is InChI=1S/C12H18N4O/c1-14-11-6-2-4-9(15-11)8-16-7-3-5-10(16)12(13)17/h2,4,6,10H,3,5,7-8H2,1H3,(H2,13,17)(H,14,15). The Balaban J connectivity index is 2.06. The summed E-state index contributed by atoms with van der Waals surface area (Å²) in [5, 5.41) is 3.00. The molecule has 17 heavy (non-hydrogen) atoms. The number of nitrogens with one attached hydrogen (secondary N) is 1. The van der Waals surface area contributed by atoms with Crippen LogP contribution in [0.4, 0.5) is 5.82 Å². The zero-order chi connectivity index (χ0) is 12.3. The molecule has 1 aliphatic heterocycles. The minimum Gasteiger partial charge on any atom is -0.373 e. The number of nitrogens with zero attached hydrogens (tertiary/aromatic N) is 2. The van der Waals surface area contributed by atoms with Gasteiger partial charge in [-0.3, -0.25) is 9.69 Å². The molecule has 0 saturated carbocycles. The van der Waals surface area contributed by atoms with E-state index in [0.29, 0.717) is 6.54 Å². The summed E-state index contributed by atoms with van der Waals surface area (Å²) in [5.74, 6) is 0.615. The number of primary amides is 1. The first-order valence-corrected chi connectivity index (χ1v) is 5.88. The maximum absolute atomic E-state index is 11.3. The van der Waals surface area contributed by atoms with Gasteiger partial charge in [0.1, 0.15) is 5.82 Å². The lowest BCUT2D eigenvalue weighted by Gasteiger charge is -2.21. The van der Waals surface area contributed by atoms with Crippen LogP contribution in [0.3, 0.4) is 0 Å². The van der Waals surface area contributed by atoms with Crippen molar-refractivity contribution in [1.29, 1.82) is 0 Å². The molecule has 1 amide bonds. The smallest absolute Gasteiger partial charge is 0.234 e. The van der Waals surface area contributed by atoms with Crippen LogP contribution in [0, 0.1) is 0 Å². The number of amides is 1. The summed E-state index contributed by atoms with van der Waals surface area (Å²) in [5.41, 5.74) is 6.35. The average molecular weight is 234 g/mol. The zero-order valence-corrected chi connectivity index (χ0v) is 10.0. The first-order valence-electron chi connectivity index (χ1n) is 5.88. The largest absolute Gasteiger partial charge is 0.373 e. The zero-order valence-electron chi connectivity index (χ0n) is 10.0. The van der Waals surface area contributed by atoms with Crippen molar-refractivity contribution in [3.8, 4) is 0 Å². The Kier molecular flexibility index (Phi) is 3.58. The molecule has 1 unspecified atom stereocenters. The van der Waals surface area contributed by atoms with Crippen molar-refractivity contribution in [2.45, 2.75) is 25.4 Å². The molecule has 5 heteroatoms. The Morgan fingerprint density at radius 3 is 3.18 bits per heavy atom. The molecule has 92 valence electrons. The normalized spacial score (nSPS) is 20.4. The molecular weight excluding hydrogens is 216 g/mol. The lowest BCUT2D eigenvalue weighted by Crippen LogP contribution is -2.39. The Bertz CT molecular complexity index is 407. The molecule has 1 atom stereocenters. The quantitative estimate of drug-likeness (QED) is 0.799. The third-order valence-corrected chi connectivity index (χ3v) is 3.12. The van der Waals surface area contributed by atoms with Gasteiger partial charge in [-0.2, -0.15) is 0 Å². The molecular formula is C12H18N4O.